The quantitative estimate of drug-likeness (QED) is 0.882. The highest BCUT2D eigenvalue weighted by Crippen LogP contribution is 2.31. The Balaban J connectivity index is 2.29. The molecule has 2 N–H and O–H groups in total. The van der Waals surface area contributed by atoms with Crippen molar-refractivity contribution in [1.82, 2.24) is 0 Å². The van der Waals surface area contributed by atoms with E-state index in [2.05, 4.69) is 11.0 Å². The summed E-state index contributed by atoms with van der Waals surface area (Å²) < 4.78 is 0. The minimum atomic E-state index is 0.555. The summed E-state index contributed by atoms with van der Waals surface area (Å²) in [5.41, 5.74) is 8.07. The van der Waals surface area contributed by atoms with E-state index < -0.39 is 0 Å². The van der Waals surface area contributed by atoms with Crippen molar-refractivity contribution in [2.24, 2.45) is 5.73 Å². The summed E-state index contributed by atoms with van der Waals surface area (Å²) in [6.07, 6.45) is 1.22. The van der Waals surface area contributed by atoms with E-state index in [1.165, 1.54) is 17.9 Å². The molecule has 1 aromatic carbocycles. The molecule has 0 saturated carbocycles. The predicted molar refractivity (Wildman–Crippen MR) is 73.5 cm³/mol. The van der Waals surface area contributed by atoms with Gasteiger partial charge in [0.05, 0.1) is 10.7 Å². The summed E-state index contributed by atoms with van der Waals surface area (Å²) in [6.45, 7) is 2.71. The van der Waals surface area contributed by atoms with Gasteiger partial charge in [-0.1, -0.05) is 23.7 Å². The van der Waals surface area contributed by atoms with Crippen LogP contribution in [0.1, 0.15) is 12.0 Å². The maximum atomic E-state index is 6.29. The molecule has 0 atom stereocenters. The SMILES string of the molecule is NCc1cccc(Cl)c1N1CCCSCC1. The molecule has 0 aromatic heterocycles. The van der Waals surface area contributed by atoms with E-state index in [-0.39, 0.29) is 0 Å². The van der Waals surface area contributed by atoms with Gasteiger partial charge >= 0.3 is 0 Å². The summed E-state index contributed by atoms with van der Waals surface area (Å²) in [7, 11) is 0. The lowest BCUT2D eigenvalue weighted by molar-refractivity contribution is 0.808. The molecule has 16 heavy (non-hydrogen) atoms. The largest absolute Gasteiger partial charge is 0.369 e. The van der Waals surface area contributed by atoms with Gasteiger partial charge in [-0.05, 0) is 23.8 Å². The van der Waals surface area contributed by atoms with E-state index in [1.807, 2.05) is 23.9 Å². The van der Waals surface area contributed by atoms with Crippen molar-refractivity contribution >= 4 is 29.1 Å². The maximum absolute atomic E-state index is 6.29. The van der Waals surface area contributed by atoms with Gasteiger partial charge in [-0.15, -0.1) is 0 Å². The molecule has 1 aliphatic heterocycles. The predicted octanol–water partition coefficient (Wildman–Crippen LogP) is 2.74. The number of para-hydroxylation sites is 1. The van der Waals surface area contributed by atoms with Crippen molar-refractivity contribution in [2.75, 3.05) is 29.5 Å². The molecule has 1 aliphatic rings. The van der Waals surface area contributed by atoms with Crippen molar-refractivity contribution < 1.29 is 0 Å². The Kier molecular flexibility index (Phi) is 4.38. The number of halogens is 1. The van der Waals surface area contributed by atoms with Gasteiger partial charge in [-0.3, -0.25) is 0 Å². The maximum Gasteiger partial charge on any atom is 0.0642 e. The molecule has 2 nitrogen and oxygen atoms in total. The summed E-state index contributed by atoms with van der Waals surface area (Å²) in [5, 5.41) is 0.829. The molecule has 1 aromatic rings. The summed E-state index contributed by atoms with van der Waals surface area (Å²) in [5.74, 6) is 2.42. The van der Waals surface area contributed by atoms with E-state index in [0.717, 1.165) is 29.4 Å². The van der Waals surface area contributed by atoms with Crippen LogP contribution in [0.5, 0.6) is 0 Å². The van der Waals surface area contributed by atoms with E-state index in [4.69, 9.17) is 17.3 Å². The Hall–Kier alpha value is -0.380. The lowest BCUT2D eigenvalue weighted by atomic mass is 10.1. The van der Waals surface area contributed by atoms with Gasteiger partial charge in [0.2, 0.25) is 0 Å². The first-order valence-corrected chi connectivity index (χ1v) is 7.16. The second-order valence-electron chi connectivity index (χ2n) is 3.90. The fourth-order valence-electron chi connectivity index (χ4n) is 2.05. The lowest BCUT2D eigenvalue weighted by Crippen LogP contribution is -2.27. The Morgan fingerprint density at radius 2 is 2.19 bits per heavy atom. The molecule has 0 amide bonds. The van der Waals surface area contributed by atoms with E-state index in [1.54, 1.807) is 0 Å². The minimum absolute atomic E-state index is 0.555. The molecule has 4 heteroatoms. The van der Waals surface area contributed by atoms with Gasteiger partial charge < -0.3 is 10.6 Å². The second kappa shape index (κ2) is 5.80. The van der Waals surface area contributed by atoms with E-state index in [0.29, 0.717) is 6.54 Å². The molecule has 1 saturated heterocycles. The molecule has 2 rings (SSSR count). The normalized spacial score (nSPS) is 17.2. The fraction of sp³-hybridized carbons (Fsp3) is 0.500. The van der Waals surface area contributed by atoms with Gasteiger partial charge in [0, 0.05) is 25.4 Å². The van der Waals surface area contributed by atoms with Crippen LogP contribution in [-0.2, 0) is 6.54 Å². The number of hydrogen-bond donors (Lipinski definition) is 1. The van der Waals surface area contributed by atoms with Gasteiger partial charge in [0.1, 0.15) is 0 Å². The molecule has 0 spiro atoms. The highest BCUT2D eigenvalue weighted by molar-refractivity contribution is 7.99. The molecular formula is C12H17ClN2S. The molecular weight excluding hydrogens is 240 g/mol. The Morgan fingerprint density at radius 3 is 3.00 bits per heavy atom. The molecule has 0 bridgehead atoms. The first kappa shape index (κ1) is 12.1. The number of nitrogens with two attached hydrogens (primary N) is 1. The third-order valence-electron chi connectivity index (χ3n) is 2.83. The Morgan fingerprint density at radius 1 is 1.31 bits per heavy atom. The number of thioether (sulfide) groups is 1. The zero-order chi connectivity index (χ0) is 11.4. The average Bonchev–Trinajstić information content (AvgIpc) is 2.57. The first-order chi connectivity index (χ1) is 7.83. The van der Waals surface area contributed by atoms with Crippen molar-refractivity contribution in [3.05, 3.63) is 28.8 Å². The lowest BCUT2D eigenvalue weighted by Gasteiger charge is -2.26. The molecule has 0 unspecified atom stereocenters. The second-order valence-corrected chi connectivity index (χ2v) is 5.54. The van der Waals surface area contributed by atoms with Crippen LogP contribution in [0.4, 0.5) is 5.69 Å². The molecule has 88 valence electrons. The van der Waals surface area contributed by atoms with Crippen molar-refractivity contribution in [1.29, 1.82) is 0 Å². The average molecular weight is 257 g/mol. The van der Waals surface area contributed by atoms with Crippen LogP contribution >= 0.6 is 23.4 Å². The smallest absolute Gasteiger partial charge is 0.0642 e. The molecule has 1 fully saturated rings. The minimum Gasteiger partial charge on any atom is -0.369 e. The van der Waals surface area contributed by atoms with Crippen LogP contribution in [0.15, 0.2) is 18.2 Å². The van der Waals surface area contributed by atoms with Crippen LogP contribution in [-0.4, -0.2) is 24.6 Å². The molecule has 1 heterocycles. The van der Waals surface area contributed by atoms with Crippen LogP contribution < -0.4 is 10.6 Å². The molecule has 0 radical (unpaired) electrons. The number of benzene rings is 1. The first-order valence-electron chi connectivity index (χ1n) is 5.63. The topological polar surface area (TPSA) is 29.3 Å². The highest BCUT2D eigenvalue weighted by atomic mass is 35.5. The van der Waals surface area contributed by atoms with E-state index >= 15 is 0 Å². The van der Waals surface area contributed by atoms with E-state index in [9.17, 15) is 0 Å². The summed E-state index contributed by atoms with van der Waals surface area (Å²) in [6, 6.07) is 5.99. The van der Waals surface area contributed by atoms with Crippen LogP contribution in [0.3, 0.4) is 0 Å². The van der Waals surface area contributed by atoms with Gasteiger partial charge in [0.25, 0.3) is 0 Å². The number of nitrogens with zero attached hydrogens (tertiary/aromatic N) is 1. The summed E-state index contributed by atoms with van der Waals surface area (Å²) >= 11 is 8.31. The standard InChI is InChI=1S/C12H17ClN2S/c13-11-4-1-3-10(9-14)12(11)15-5-2-7-16-8-6-15/h1,3-4H,2,5-9,14H2. The number of hydrogen-bond acceptors (Lipinski definition) is 3. The van der Waals surface area contributed by atoms with Gasteiger partial charge in [-0.2, -0.15) is 11.8 Å². The van der Waals surface area contributed by atoms with Crippen molar-refractivity contribution in [2.45, 2.75) is 13.0 Å². The van der Waals surface area contributed by atoms with Crippen molar-refractivity contribution in [3.63, 3.8) is 0 Å². The van der Waals surface area contributed by atoms with Crippen LogP contribution in [0.2, 0.25) is 5.02 Å². The fourth-order valence-corrected chi connectivity index (χ4v) is 3.25. The Bertz CT molecular complexity index is 349. The highest BCUT2D eigenvalue weighted by Gasteiger charge is 2.15. The molecule has 0 aliphatic carbocycles. The Labute approximate surface area is 106 Å². The number of rotatable bonds is 2. The van der Waals surface area contributed by atoms with Crippen molar-refractivity contribution in [3.8, 4) is 0 Å². The van der Waals surface area contributed by atoms with Gasteiger partial charge in [0.15, 0.2) is 0 Å². The van der Waals surface area contributed by atoms with Gasteiger partial charge in [-0.25, -0.2) is 0 Å². The zero-order valence-corrected chi connectivity index (χ0v) is 10.9. The number of anilines is 1. The monoisotopic (exact) mass is 256 g/mol. The van der Waals surface area contributed by atoms with Crippen LogP contribution in [0, 0.1) is 0 Å². The zero-order valence-electron chi connectivity index (χ0n) is 9.29. The third kappa shape index (κ3) is 2.65. The van der Waals surface area contributed by atoms with Crippen LogP contribution in [0.25, 0.3) is 0 Å². The third-order valence-corrected chi connectivity index (χ3v) is 4.18. The summed E-state index contributed by atoms with van der Waals surface area (Å²) in [4.78, 5) is 2.38.